The van der Waals surface area contributed by atoms with Crippen LogP contribution in [0.5, 0.6) is 5.75 Å². The number of ether oxygens (including phenoxy) is 2. The number of pyridine rings is 1. The standard InChI is InChI=1S/C30H34BrN6O3P/c1-18-15-26(37-11-13-40-14-12-37)27(39-2)16-25(18)35-30-32-17-21(31)29(36-30)34-24-10-9-23-20(28(24)41(3,4)38)7-8-22(33-23)19-5-6-19/h7-10,15-17,19H,5-6,11-14H2,1-4H3,(H2,32,34,35,36). The number of halogens is 1. The maximum atomic E-state index is 13.6. The zero-order valence-electron chi connectivity index (χ0n) is 23.7. The molecule has 3 heterocycles. The van der Waals surface area contributed by atoms with Crippen molar-refractivity contribution in [2.45, 2.75) is 25.7 Å². The first kappa shape index (κ1) is 27.9. The minimum Gasteiger partial charge on any atom is -0.495 e. The lowest BCUT2D eigenvalue weighted by atomic mass is 10.1. The predicted octanol–water partition coefficient (Wildman–Crippen LogP) is 6.55. The minimum atomic E-state index is -2.68. The van der Waals surface area contributed by atoms with Gasteiger partial charge in [0, 0.05) is 53.3 Å². The summed E-state index contributed by atoms with van der Waals surface area (Å²) in [7, 11) is -0.997. The summed E-state index contributed by atoms with van der Waals surface area (Å²) in [5.74, 6) is 2.32. The Morgan fingerprint density at radius 1 is 1.05 bits per heavy atom. The number of morpholine rings is 1. The average molecular weight is 638 g/mol. The van der Waals surface area contributed by atoms with Crippen molar-refractivity contribution >= 4 is 68.1 Å². The van der Waals surface area contributed by atoms with Crippen molar-refractivity contribution in [1.82, 2.24) is 15.0 Å². The molecular weight excluding hydrogens is 603 g/mol. The number of nitrogens with zero attached hydrogens (tertiary/aromatic N) is 4. The Balaban J connectivity index is 1.31. The summed E-state index contributed by atoms with van der Waals surface area (Å²) in [5, 5.41) is 8.45. The van der Waals surface area contributed by atoms with Gasteiger partial charge in [0.25, 0.3) is 0 Å². The lowest BCUT2D eigenvalue weighted by Gasteiger charge is -2.30. The van der Waals surface area contributed by atoms with Gasteiger partial charge in [0.2, 0.25) is 5.95 Å². The first-order chi connectivity index (χ1) is 19.7. The summed E-state index contributed by atoms with van der Waals surface area (Å²) in [4.78, 5) is 16.4. The molecular formula is C30H34BrN6O3P. The van der Waals surface area contributed by atoms with Crippen molar-refractivity contribution in [3.05, 3.63) is 58.3 Å². The van der Waals surface area contributed by atoms with E-state index in [1.54, 1.807) is 26.6 Å². The highest BCUT2D eigenvalue weighted by atomic mass is 79.9. The van der Waals surface area contributed by atoms with Crippen LogP contribution in [-0.2, 0) is 9.30 Å². The Hall–Kier alpha value is -3.20. The third-order valence-electron chi connectivity index (χ3n) is 7.52. The molecule has 4 aromatic rings. The van der Waals surface area contributed by atoms with E-state index in [-0.39, 0.29) is 0 Å². The summed E-state index contributed by atoms with van der Waals surface area (Å²) in [6, 6.07) is 12.2. The van der Waals surface area contributed by atoms with E-state index in [9.17, 15) is 4.57 Å². The highest BCUT2D eigenvalue weighted by Gasteiger charge is 2.27. The zero-order valence-corrected chi connectivity index (χ0v) is 26.2. The number of anilines is 5. The molecule has 1 aliphatic heterocycles. The van der Waals surface area contributed by atoms with Gasteiger partial charge in [-0.2, -0.15) is 4.98 Å². The van der Waals surface area contributed by atoms with Crippen LogP contribution in [0.4, 0.5) is 28.8 Å². The van der Waals surface area contributed by atoms with Gasteiger partial charge in [0.1, 0.15) is 18.7 Å². The largest absolute Gasteiger partial charge is 0.495 e. The number of aromatic nitrogens is 3. The zero-order chi connectivity index (χ0) is 28.7. The number of hydrogen-bond acceptors (Lipinski definition) is 9. The Morgan fingerprint density at radius 2 is 1.83 bits per heavy atom. The second-order valence-electron chi connectivity index (χ2n) is 11.0. The molecule has 1 saturated heterocycles. The molecule has 2 fully saturated rings. The fourth-order valence-corrected chi connectivity index (χ4v) is 7.05. The molecule has 0 unspecified atom stereocenters. The lowest BCUT2D eigenvalue weighted by molar-refractivity contribution is 0.122. The van der Waals surface area contributed by atoms with E-state index in [0.717, 1.165) is 63.4 Å². The molecule has 11 heteroatoms. The second kappa shape index (κ2) is 11.2. The van der Waals surface area contributed by atoms with Gasteiger partial charge in [-0.05, 0) is 78.9 Å². The SMILES string of the molecule is COc1cc(Nc2ncc(Br)c(Nc3ccc4nc(C5CC5)ccc4c3P(C)(C)=O)n2)c(C)cc1N1CCOCC1. The molecule has 1 aliphatic carbocycles. The monoisotopic (exact) mass is 636 g/mol. The maximum Gasteiger partial charge on any atom is 0.229 e. The number of nitrogens with one attached hydrogen (secondary N) is 2. The van der Waals surface area contributed by atoms with E-state index in [4.69, 9.17) is 19.4 Å². The average Bonchev–Trinajstić information content (AvgIpc) is 3.81. The van der Waals surface area contributed by atoms with Gasteiger partial charge in [-0.15, -0.1) is 0 Å². The fraction of sp³-hybridized carbons (Fsp3) is 0.367. The van der Waals surface area contributed by atoms with Gasteiger partial charge in [0.05, 0.1) is 41.7 Å². The first-order valence-electron chi connectivity index (χ1n) is 13.8. The molecule has 9 nitrogen and oxygen atoms in total. The van der Waals surface area contributed by atoms with E-state index in [1.165, 1.54) is 12.8 Å². The van der Waals surface area contributed by atoms with E-state index < -0.39 is 7.14 Å². The van der Waals surface area contributed by atoms with Crippen molar-refractivity contribution in [1.29, 1.82) is 0 Å². The van der Waals surface area contributed by atoms with Gasteiger partial charge in [-0.3, -0.25) is 4.98 Å². The van der Waals surface area contributed by atoms with Crippen molar-refractivity contribution in [3.63, 3.8) is 0 Å². The van der Waals surface area contributed by atoms with Crippen LogP contribution in [0.15, 0.2) is 47.1 Å². The van der Waals surface area contributed by atoms with Crippen LogP contribution >= 0.6 is 23.1 Å². The molecule has 0 spiro atoms. The Labute approximate surface area is 248 Å². The molecule has 1 saturated carbocycles. The minimum absolute atomic E-state index is 0.425. The molecule has 0 amide bonds. The summed E-state index contributed by atoms with van der Waals surface area (Å²) >= 11 is 3.59. The van der Waals surface area contributed by atoms with Crippen LogP contribution in [0.1, 0.15) is 30.0 Å². The Morgan fingerprint density at radius 3 is 2.54 bits per heavy atom. The molecule has 41 heavy (non-hydrogen) atoms. The van der Waals surface area contributed by atoms with Crippen molar-refractivity contribution in [3.8, 4) is 5.75 Å². The van der Waals surface area contributed by atoms with Gasteiger partial charge >= 0.3 is 0 Å². The molecule has 6 rings (SSSR count). The summed E-state index contributed by atoms with van der Waals surface area (Å²) in [5.41, 5.74) is 5.66. The molecule has 2 aliphatic rings. The second-order valence-corrected chi connectivity index (χ2v) is 15.0. The molecule has 2 aromatic carbocycles. The van der Waals surface area contributed by atoms with Crippen LogP contribution in [0.2, 0.25) is 0 Å². The molecule has 214 valence electrons. The smallest absolute Gasteiger partial charge is 0.229 e. The van der Waals surface area contributed by atoms with Crippen LogP contribution in [0.25, 0.3) is 10.9 Å². The highest BCUT2D eigenvalue weighted by Crippen LogP contribution is 2.44. The lowest BCUT2D eigenvalue weighted by Crippen LogP contribution is -2.36. The normalized spacial score (nSPS) is 15.7. The summed E-state index contributed by atoms with van der Waals surface area (Å²) < 4.78 is 25.5. The van der Waals surface area contributed by atoms with E-state index in [1.807, 2.05) is 25.1 Å². The molecule has 0 radical (unpaired) electrons. The van der Waals surface area contributed by atoms with Gasteiger partial charge in [-0.25, -0.2) is 4.98 Å². The Kier molecular flexibility index (Phi) is 7.66. The van der Waals surface area contributed by atoms with Crippen LogP contribution < -0.4 is 25.6 Å². The first-order valence-corrected chi connectivity index (χ1v) is 17.2. The number of hydrogen-bond donors (Lipinski definition) is 2. The van der Waals surface area contributed by atoms with Crippen molar-refractivity contribution in [2.24, 2.45) is 0 Å². The van der Waals surface area contributed by atoms with E-state index in [0.29, 0.717) is 35.4 Å². The van der Waals surface area contributed by atoms with Crippen LogP contribution in [0.3, 0.4) is 0 Å². The molecule has 0 atom stereocenters. The van der Waals surface area contributed by atoms with Gasteiger partial charge in [-0.1, -0.05) is 6.07 Å². The molecule has 2 aromatic heterocycles. The summed E-state index contributed by atoms with van der Waals surface area (Å²) in [6.07, 6.45) is 4.08. The van der Waals surface area contributed by atoms with E-state index >= 15 is 0 Å². The number of aryl methyl sites for hydroxylation is 1. The molecule has 0 bridgehead atoms. The fourth-order valence-electron chi connectivity index (χ4n) is 5.28. The van der Waals surface area contributed by atoms with Gasteiger partial charge < -0.3 is 29.6 Å². The third kappa shape index (κ3) is 5.92. The molecule has 2 N–H and O–H groups in total. The van der Waals surface area contributed by atoms with Crippen molar-refractivity contribution in [2.75, 3.05) is 62.3 Å². The Bertz CT molecular complexity index is 1670. The summed E-state index contributed by atoms with van der Waals surface area (Å²) in [6.45, 7) is 8.68. The van der Waals surface area contributed by atoms with Crippen molar-refractivity contribution < 1.29 is 14.0 Å². The van der Waals surface area contributed by atoms with E-state index in [2.05, 4.69) is 54.6 Å². The number of benzene rings is 2. The maximum absolute atomic E-state index is 13.6. The number of fused-ring (bicyclic) bond motifs is 1. The van der Waals surface area contributed by atoms with Crippen LogP contribution in [0, 0.1) is 6.92 Å². The quantitative estimate of drug-likeness (QED) is 0.208. The number of rotatable bonds is 8. The van der Waals surface area contributed by atoms with Crippen LogP contribution in [-0.4, -0.2) is 61.7 Å². The number of methoxy groups -OCH3 is 1. The third-order valence-corrected chi connectivity index (χ3v) is 9.66. The predicted molar refractivity (Wildman–Crippen MR) is 170 cm³/mol. The van der Waals surface area contributed by atoms with Gasteiger partial charge in [0.15, 0.2) is 0 Å². The highest BCUT2D eigenvalue weighted by molar-refractivity contribution is 9.10. The topological polar surface area (TPSA) is 102 Å².